The number of benzene rings is 2. The molecule has 1 fully saturated rings. The van der Waals surface area contributed by atoms with Crippen LogP contribution in [0.5, 0.6) is 11.5 Å². The fraction of sp³-hybridized carbons (Fsp3) is 0.316. The smallest absolute Gasteiger partial charge is 0.415 e. The molecule has 0 saturated carbocycles. The van der Waals surface area contributed by atoms with E-state index in [4.69, 9.17) is 9.47 Å². The fourth-order valence-electron chi connectivity index (χ4n) is 2.96. The molecule has 0 spiro atoms. The first-order valence-electron chi connectivity index (χ1n) is 7.92. The summed E-state index contributed by atoms with van der Waals surface area (Å²) in [6, 6.07) is 17.3. The van der Waals surface area contributed by atoms with Crippen LogP contribution in [-0.4, -0.2) is 31.2 Å². The van der Waals surface area contributed by atoms with Crippen LogP contribution in [0.15, 0.2) is 54.6 Å². The Hall–Kier alpha value is -2.49. The summed E-state index contributed by atoms with van der Waals surface area (Å²) in [6.07, 6.45) is 1.78. The van der Waals surface area contributed by atoms with E-state index in [1.54, 1.807) is 24.1 Å². The number of methoxy groups -OCH3 is 1. The molecule has 1 saturated heterocycles. The van der Waals surface area contributed by atoms with Gasteiger partial charge in [-0.25, -0.2) is 4.79 Å². The second-order valence-electron chi connectivity index (χ2n) is 5.74. The third-order valence-corrected chi connectivity index (χ3v) is 4.19. The number of hydrogen-bond donors (Lipinski definition) is 0. The zero-order valence-corrected chi connectivity index (χ0v) is 13.3. The van der Waals surface area contributed by atoms with Gasteiger partial charge in [0, 0.05) is 19.0 Å². The van der Waals surface area contributed by atoms with E-state index in [1.165, 1.54) is 5.56 Å². The van der Waals surface area contributed by atoms with E-state index in [1.807, 2.05) is 30.3 Å². The normalized spacial score (nSPS) is 17.6. The van der Waals surface area contributed by atoms with Crippen molar-refractivity contribution in [1.29, 1.82) is 0 Å². The number of nitrogens with zero attached hydrogens (tertiary/aromatic N) is 1. The first-order chi connectivity index (χ1) is 11.3. The molecule has 1 amide bonds. The molecule has 4 nitrogen and oxygen atoms in total. The fourth-order valence-corrected chi connectivity index (χ4v) is 2.96. The van der Waals surface area contributed by atoms with Crippen LogP contribution in [0.3, 0.4) is 0 Å². The van der Waals surface area contributed by atoms with E-state index in [-0.39, 0.29) is 6.09 Å². The van der Waals surface area contributed by atoms with Gasteiger partial charge in [-0.15, -0.1) is 0 Å². The molecule has 1 aliphatic rings. The molecule has 2 aromatic rings. The summed E-state index contributed by atoms with van der Waals surface area (Å²) >= 11 is 0. The minimum atomic E-state index is -0.274. The molecule has 0 bridgehead atoms. The molecule has 0 aliphatic carbocycles. The lowest BCUT2D eigenvalue weighted by molar-refractivity contribution is 0.137. The molecule has 4 heteroatoms. The van der Waals surface area contributed by atoms with Crippen LogP contribution in [-0.2, 0) is 0 Å². The highest BCUT2D eigenvalue weighted by molar-refractivity contribution is 5.70. The maximum Gasteiger partial charge on any atom is 0.415 e. The van der Waals surface area contributed by atoms with Gasteiger partial charge in [0.15, 0.2) is 0 Å². The summed E-state index contributed by atoms with van der Waals surface area (Å²) in [7, 11) is 1.67. The Morgan fingerprint density at radius 3 is 2.65 bits per heavy atom. The van der Waals surface area contributed by atoms with Crippen LogP contribution in [0.2, 0.25) is 0 Å². The monoisotopic (exact) mass is 311 g/mol. The van der Waals surface area contributed by atoms with Gasteiger partial charge in [-0.05, 0) is 42.7 Å². The third-order valence-electron chi connectivity index (χ3n) is 4.19. The predicted molar refractivity (Wildman–Crippen MR) is 89.0 cm³/mol. The predicted octanol–water partition coefficient (Wildman–Crippen LogP) is 4.07. The van der Waals surface area contributed by atoms with Crippen molar-refractivity contribution >= 4 is 6.09 Å². The van der Waals surface area contributed by atoms with Crippen LogP contribution < -0.4 is 9.47 Å². The standard InChI is InChI=1S/C19H21NO3/c1-22-18-11-5-7-15(13-18)16-8-6-12-20(14-16)19(21)23-17-9-3-2-4-10-17/h2-5,7,9-11,13,16H,6,8,12,14H2,1H3/t16-/m1/s1. The number of ether oxygens (including phenoxy) is 2. The number of hydrogen-bond acceptors (Lipinski definition) is 3. The summed E-state index contributed by atoms with van der Waals surface area (Å²) in [5.74, 6) is 1.76. The minimum Gasteiger partial charge on any atom is -0.497 e. The van der Waals surface area contributed by atoms with Crippen molar-refractivity contribution in [3.05, 3.63) is 60.2 Å². The SMILES string of the molecule is COc1cccc([C@@H]2CCCN(C(=O)Oc3ccccc3)C2)c1. The zero-order chi connectivity index (χ0) is 16.1. The summed E-state index contributed by atoms with van der Waals surface area (Å²) < 4.78 is 10.7. The third kappa shape index (κ3) is 3.83. The number of likely N-dealkylation sites (tertiary alicyclic amines) is 1. The van der Waals surface area contributed by atoms with Crippen molar-refractivity contribution < 1.29 is 14.3 Å². The molecule has 0 aromatic heterocycles. The van der Waals surface area contributed by atoms with E-state index in [9.17, 15) is 4.79 Å². The molecular formula is C19H21NO3. The Kier molecular flexibility index (Phi) is 4.81. The van der Waals surface area contributed by atoms with E-state index < -0.39 is 0 Å². The van der Waals surface area contributed by atoms with Crippen LogP contribution in [0.4, 0.5) is 4.79 Å². The Bertz CT molecular complexity index is 657. The summed E-state index contributed by atoms with van der Waals surface area (Å²) in [4.78, 5) is 14.1. The average Bonchev–Trinajstić information content (AvgIpc) is 2.63. The molecule has 0 radical (unpaired) electrons. The highest BCUT2D eigenvalue weighted by Gasteiger charge is 2.26. The Labute approximate surface area is 136 Å². The highest BCUT2D eigenvalue weighted by atomic mass is 16.6. The van der Waals surface area contributed by atoms with Gasteiger partial charge in [0.2, 0.25) is 0 Å². The largest absolute Gasteiger partial charge is 0.497 e. The van der Waals surface area contributed by atoms with Crippen molar-refractivity contribution in [3.8, 4) is 11.5 Å². The molecule has 1 aliphatic heterocycles. The number of rotatable bonds is 3. The molecule has 1 atom stereocenters. The van der Waals surface area contributed by atoms with Gasteiger partial charge in [0.1, 0.15) is 11.5 Å². The maximum absolute atomic E-state index is 12.3. The van der Waals surface area contributed by atoms with Crippen LogP contribution in [0.1, 0.15) is 24.3 Å². The molecule has 3 rings (SSSR count). The zero-order valence-electron chi connectivity index (χ0n) is 13.3. The van der Waals surface area contributed by atoms with E-state index in [2.05, 4.69) is 12.1 Å². The van der Waals surface area contributed by atoms with Crippen molar-refractivity contribution in [2.45, 2.75) is 18.8 Å². The minimum absolute atomic E-state index is 0.274. The molecule has 0 unspecified atom stereocenters. The second kappa shape index (κ2) is 7.18. The van der Waals surface area contributed by atoms with Crippen LogP contribution in [0, 0.1) is 0 Å². The molecular weight excluding hydrogens is 290 g/mol. The van der Waals surface area contributed by atoms with Crippen molar-refractivity contribution in [1.82, 2.24) is 4.90 Å². The summed E-state index contributed by atoms with van der Waals surface area (Å²) in [5, 5.41) is 0. The first kappa shape index (κ1) is 15.4. The number of amides is 1. The summed E-state index contributed by atoms with van der Waals surface area (Å²) in [6.45, 7) is 1.42. The van der Waals surface area contributed by atoms with E-state index in [0.717, 1.165) is 25.1 Å². The molecule has 2 aromatic carbocycles. The lowest BCUT2D eigenvalue weighted by Crippen LogP contribution is -2.40. The Morgan fingerprint density at radius 2 is 1.87 bits per heavy atom. The number of piperidine rings is 1. The van der Waals surface area contributed by atoms with Gasteiger partial charge in [0.25, 0.3) is 0 Å². The molecule has 1 heterocycles. The van der Waals surface area contributed by atoms with Crippen molar-refractivity contribution in [3.63, 3.8) is 0 Å². The molecule has 23 heavy (non-hydrogen) atoms. The quantitative estimate of drug-likeness (QED) is 0.857. The van der Waals surface area contributed by atoms with Gasteiger partial charge in [-0.2, -0.15) is 0 Å². The van der Waals surface area contributed by atoms with E-state index in [0.29, 0.717) is 18.2 Å². The van der Waals surface area contributed by atoms with Crippen molar-refractivity contribution in [2.24, 2.45) is 0 Å². The maximum atomic E-state index is 12.3. The Balaban J connectivity index is 1.66. The number of carbonyl (C=O) groups excluding carboxylic acids is 1. The number of para-hydroxylation sites is 1. The molecule has 0 N–H and O–H groups in total. The first-order valence-corrected chi connectivity index (χ1v) is 7.92. The van der Waals surface area contributed by atoms with E-state index >= 15 is 0 Å². The topological polar surface area (TPSA) is 38.8 Å². The van der Waals surface area contributed by atoms with Crippen LogP contribution >= 0.6 is 0 Å². The lowest BCUT2D eigenvalue weighted by atomic mass is 9.91. The van der Waals surface area contributed by atoms with Gasteiger partial charge in [-0.3, -0.25) is 0 Å². The lowest BCUT2D eigenvalue weighted by Gasteiger charge is -2.32. The van der Waals surface area contributed by atoms with Gasteiger partial charge in [-0.1, -0.05) is 30.3 Å². The highest BCUT2D eigenvalue weighted by Crippen LogP contribution is 2.29. The van der Waals surface area contributed by atoms with Gasteiger partial charge in [0.05, 0.1) is 7.11 Å². The van der Waals surface area contributed by atoms with Gasteiger partial charge < -0.3 is 14.4 Å². The summed E-state index contributed by atoms with van der Waals surface area (Å²) in [5.41, 5.74) is 1.21. The molecule has 120 valence electrons. The van der Waals surface area contributed by atoms with Gasteiger partial charge >= 0.3 is 6.09 Å². The Morgan fingerprint density at radius 1 is 1.09 bits per heavy atom. The van der Waals surface area contributed by atoms with Crippen molar-refractivity contribution in [2.75, 3.05) is 20.2 Å². The van der Waals surface area contributed by atoms with Crippen LogP contribution in [0.25, 0.3) is 0 Å². The average molecular weight is 311 g/mol. The number of carbonyl (C=O) groups is 1. The second-order valence-corrected chi connectivity index (χ2v) is 5.74.